The number of morpholine rings is 1. The van der Waals surface area contributed by atoms with E-state index < -0.39 is 0 Å². The van der Waals surface area contributed by atoms with Crippen LogP contribution in [-0.4, -0.2) is 65.3 Å². The van der Waals surface area contributed by atoms with Crippen LogP contribution < -0.4 is 0 Å². The van der Waals surface area contributed by atoms with Crippen molar-refractivity contribution in [2.45, 2.75) is 44.9 Å². The van der Waals surface area contributed by atoms with E-state index in [0.29, 0.717) is 11.5 Å². The number of nitrogens with zero attached hydrogens (tertiary/aromatic N) is 3. The van der Waals surface area contributed by atoms with Gasteiger partial charge in [-0.1, -0.05) is 11.2 Å². The molecule has 2 fully saturated rings. The van der Waals surface area contributed by atoms with E-state index in [0.717, 1.165) is 43.9 Å². The Balaban J connectivity index is 1.43. The maximum Gasteiger partial charge on any atom is 0.276 e. The molecule has 3 unspecified atom stereocenters. The average molecular weight is 375 g/mol. The summed E-state index contributed by atoms with van der Waals surface area (Å²) in [6, 6.07) is 5.94. The predicted octanol–water partition coefficient (Wildman–Crippen LogP) is 3.12. The number of ether oxygens (including phenoxy) is 1. The summed E-state index contributed by atoms with van der Waals surface area (Å²) in [5, 5.41) is 6.02. The van der Waals surface area contributed by atoms with E-state index in [2.05, 4.69) is 23.9 Å². The van der Waals surface area contributed by atoms with Crippen LogP contribution in [0.15, 0.2) is 28.1 Å². The van der Waals surface area contributed by atoms with Gasteiger partial charge >= 0.3 is 0 Å². The average Bonchev–Trinajstić information content (AvgIpc) is 3.34. The Labute approximate surface area is 157 Å². The van der Waals surface area contributed by atoms with Gasteiger partial charge in [0, 0.05) is 38.3 Å². The zero-order valence-corrected chi connectivity index (χ0v) is 16.1. The van der Waals surface area contributed by atoms with Crippen LogP contribution in [0.3, 0.4) is 0 Å². The highest BCUT2D eigenvalue weighted by molar-refractivity contribution is 7.13. The Hall–Kier alpha value is -1.70. The highest BCUT2D eigenvalue weighted by Crippen LogP contribution is 2.27. The van der Waals surface area contributed by atoms with Gasteiger partial charge in [0.2, 0.25) is 0 Å². The van der Waals surface area contributed by atoms with Crippen LogP contribution in [0.5, 0.6) is 0 Å². The van der Waals surface area contributed by atoms with Crippen molar-refractivity contribution in [2.75, 3.05) is 26.2 Å². The Bertz CT molecular complexity index is 735. The van der Waals surface area contributed by atoms with E-state index >= 15 is 0 Å². The second-order valence-corrected chi connectivity index (χ2v) is 8.27. The van der Waals surface area contributed by atoms with Crippen LogP contribution in [0.4, 0.5) is 0 Å². The van der Waals surface area contributed by atoms with Crippen LogP contribution in [0.2, 0.25) is 0 Å². The molecule has 2 aliphatic rings. The number of carbonyl (C=O) groups is 1. The Kier molecular flexibility index (Phi) is 5.11. The molecule has 0 N–H and O–H groups in total. The largest absolute Gasteiger partial charge is 0.373 e. The Morgan fingerprint density at radius 1 is 1.35 bits per heavy atom. The lowest BCUT2D eigenvalue weighted by Crippen LogP contribution is -2.51. The molecule has 0 aromatic carbocycles. The van der Waals surface area contributed by atoms with Crippen molar-refractivity contribution < 1.29 is 14.1 Å². The monoisotopic (exact) mass is 375 g/mol. The van der Waals surface area contributed by atoms with Gasteiger partial charge in [0.1, 0.15) is 0 Å². The summed E-state index contributed by atoms with van der Waals surface area (Å²) in [5.74, 6) is 0.642. The standard InChI is InChI=1S/C19H25N3O3S/c1-13-10-21(11-14(2)24-13)12-15-5-3-7-22(15)19(23)16-9-17(25-20-16)18-6-4-8-26-18/h4,6,8-9,13-15H,3,5,7,10-12H2,1-2H3. The van der Waals surface area contributed by atoms with Crippen molar-refractivity contribution in [3.05, 3.63) is 29.3 Å². The summed E-state index contributed by atoms with van der Waals surface area (Å²) in [6.45, 7) is 7.77. The number of amides is 1. The molecule has 7 heteroatoms. The minimum Gasteiger partial charge on any atom is -0.373 e. The third-order valence-corrected chi connectivity index (χ3v) is 5.98. The van der Waals surface area contributed by atoms with Crippen LogP contribution in [0.1, 0.15) is 37.2 Å². The van der Waals surface area contributed by atoms with Crippen molar-refractivity contribution in [1.82, 2.24) is 15.0 Å². The van der Waals surface area contributed by atoms with Gasteiger partial charge in [-0.3, -0.25) is 9.69 Å². The second kappa shape index (κ2) is 7.50. The molecule has 4 rings (SSSR count). The number of rotatable bonds is 4. The molecule has 6 nitrogen and oxygen atoms in total. The molecular weight excluding hydrogens is 350 g/mol. The minimum absolute atomic E-state index is 0.0200. The van der Waals surface area contributed by atoms with Crippen molar-refractivity contribution in [1.29, 1.82) is 0 Å². The molecule has 0 saturated carbocycles. The molecule has 2 aromatic rings. The first kappa shape index (κ1) is 17.7. The van der Waals surface area contributed by atoms with Gasteiger partial charge < -0.3 is 14.2 Å². The molecule has 3 atom stereocenters. The van der Waals surface area contributed by atoms with Gasteiger partial charge in [0.05, 0.1) is 17.1 Å². The van der Waals surface area contributed by atoms with Crippen molar-refractivity contribution >= 4 is 17.2 Å². The normalized spacial score (nSPS) is 27.2. The predicted molar refractivity (Wildman–Crippen MR) is 100 cm³/mol. The van der Waals surface area contributed by atoms with E-state index in [1.807, 2.05) is 22.4 Å². The molecule has 2 saturated heterocycles. The molecule has 0 spiro atoms. The molecule has 0 bridgehead atoms. The summed E-state index contributed by atoms with van der Waals surface area (Å²) in [4.78, 5) is 18.4. The van der Waals surface area contributed by atoms with Crippen molar-refractivity contribution in [2.24, 2.45) is 0 Å². The second-order valence-electron chi connectivity index (χ2n) is 7.32. The molecular formula is C19H25N3O3S. The maximum absolute atomic E-state index is 13.0. The van der Waals surface area contributed by atoms with E-state index in [1.165, 1.54) is 0 Å². The fourth-order valence-corrected chi connectivity index (χ4v) is 4.76. The molecule has 0 aliphatic carbocycles. The highest BCUT2D eigenvalue weighted by Gasteiger charge is 2.34. The van der Waals surface area contributed by atoms with Crippen molar-refractivity contribution in [3.8, 4) is 10.6 Å². The summed E-state index contributed by atoms with van der Waals surface area (Å²) < 4.78 is 11.2. The smallest absolute Gasteiger partial charge is 0.276 e. The van der Waals surface area contributed by atoms with Gasteiger partial charge in [-0.05, 0) is 38.1 Å². The quantitative estimate of drug-likeness (QED) is 0.822. The first-order chi connectivity index (χ1) is 12.6. The third kappa shape index (κ3) is 3.70. The van der Waals surface area contributed by atoms with Crippen LogP contribution >= 0.6 is 11.3 Å². The first-order valence-corrected chi connectivity index (χ1v) is 10.2. The fourth-order valence-electron chi connectivity index (χ4n) is 4.08. The summed E-state index contributed by atoms with van der Waals surface area (Å²) in [7, 11) is 0. The molecule has 140 valence electrons. The summed E-state index contributed by atoms with van der Waals surface area (Å²) >= 11 is 1.58. The number of hydrogen-bond donors (Lipinski definition) is 0. The van der Waals surface area contributed by atoms with Gasteiger partial charge in [0.25, 0.3) is 5.91 Å². The number of thiophene rings is 1. The molecule has 2 aromatic heterocycles. The van der Waals surface area contributed by atoms with E-state index in [1.54, 1.807) is 17.4 Å². The van der Waals surface area contributed by atoms with Gasteiger partial charge in [-0.2, -0.15) is 0 Å². The molecule has 26 heavy (non-hydrogen) atoms. The zero-order valence-electron chi connectivity index (χ0n) is 15.3. The maximum atomic E-state index is 13.0. The van der Waals surface area contributed by atoms with Gasteiger partial charge in [-0.25, -0.2) is 0 Å². The first-order valence-electron chi connectivity index (χ1n) is 9.29. The number of hydrogen-bond acceptors (Lipinski definition) is 6. The van der Waals surface area contributed by atoms with Gasteiger partial charge in [-0.15, -0.1) is 11.3 Å². The minimum atomic E-state index is -0.0200. The van der Waals surface area contributed by atoms with Crippen LogP contribution in [0.25, 0.3) is 10.6 Å². The third-order valence-electron chi connectivity index (χ3n) is 5.10. The topological polar surface area (TPSA) is 58.8 Å². The number of likely N-dealkylation sites (tertiary alicyclic amines) is 1. The fraction of sp³-hybridized carbons (Fsp3) is 0.579. The SMILES string of the molecule is CC1CN(CC2CCCN2C(=O)c2cc(-c3cccs3)on2)CC(C)O1. The highest BCUT2D eigenvalue weighted by atomic mass is 32.1. The molecule has 0 radical (unpaired) electrons. The lowest BCUT2D eigenvalue weighted by molar-refractivity contribution is -0.0715. The number of carbonyl (C=O) groups excluding carboxylic acids is 1. The van der Waals surface area contributed by atoms with Crippen LogP contribution in [0, 0.1) is 0 Å². The lowest BCUT2D eigenvalue weighted by Gasteiger charge is -2.38. The summed E-state index contributed by atoms with van der Waals surface area (Å²) in [5.41, 5.74) is 0.406. The van der Waals surface area contributed by atoms with E-state index in [-0.39, 0.29) is 24.2 Å². The van der Waals surface area contributed by atoms with Gasteiger partial charge in [0.15, 0.2) is 11.5 Å². The molecule has 2 aliphatic heterocycles. The van der Waals surface area contributed by atoms with E-state index in [9.17, 15) is 4.79 Å². The lowest BCUT2D eigenvalue weighted by atomic mass is 10.1. The molecule has 1 amide bonds. The van der Waals surface area contributed by atoms with Crippen LogP contribution in [-0.2, 0) is 4.74 Å². The van der Waals surface area contributed by atoms with Crippen molar-refractivity contribution in [3.63, 3.8) is 0 Å². The Morgan fingerprint density at radius 3 is 2.88 bits per heavy atom. The summed E-state index contributed by atoms with van der Waals surface area (Å²) in [6.07, 6.45) is 2.57. The Morgan fingerprint density at radius 2 is 2.15 bits per heavy atom. The van der Waals surface area contributed by atoms with E-state index in [4.69, 9.17) is 9.26 Å². The molecule has 4 heterocycles. The number of aromatic nitrogens is 1. The zero-order chi connectivity index (χ0) is 18.1.